The Balaban J connectivity index is 1.64. The summed E-state index contributed by atoms with van der Waals surface area (Å²) >= 11 is 0. The molecule has 2 N–H and O–H groups in total. The second-order valence-electron chi connectivity index (χ2n) is 5.39. The van der Waals surface area contributed by atoms with Crippen LogP contribution < -0.4 is 10.0 Å². The summed E-state index contributed by atoms with van der Waals surface area (Å²) in [6, 6.07) is 0.663. The fourth-order valence-corrected chi connectivity index (χ4v) is 2.87. The Hall–Kier alpha value is -1.03. The molecule has 1 aromatic heterocycles. The predicted molar refractivity (Wildman–Crippen MR) is 79.9 cm³/mol. The van der Waals surface area contributed by atoms with E-state index in [0.717, 1.165) is 13.0 Å². The van der Waals surface area contributed by atoms with E-state index in [1.165, 1.54) is 17.1 Å². The van der Waals surface area contributed by atoms with E-state index in [4.69, 9.17) is 0 Å². The second-order valence-corrected chi connectivity index (χ2v) is 7.25. The summed E-state index contributed by atoms with van der Waals surface area (Å²) in [5.41, 5.74) is 0. The van der Waals surface area contributed by atoms with Gasteiger partial charge in [0.1, 0.15) is 6.33 Å². The summed E-state index contributed by atoms with van der Waals surface area (Å²) in [5.74, 6) is 0.636. The molecule has 0 radical (unpaired) electrons. The zero-order chi connectivity index (χ0) is 15.3. The molecule has 0 unspecified atom stereocenters. The van der Waals surface area contributed by atoms with Gasteiger partial charge >= 0.3 is 0 Å². The first-order valence-electron chi connectivity index (χ1n) is 7.26. The third-order valence-electron chi connectivity index (χ3n) is 3.35. The maximum Gasteiger partial charge on any atom is 0.279 e. The van der Waals surface area contributed by atoms with Crippen molar-refractivity contribution in [2.45, 2.75) is 31.7 Å². The molecule has 0 bridgehead atoms. The van der Waals surface area contributed by atoms with Crippen LogP contribution in [0.15, 0.2) is 6.33 Å². The molecule has 0 saturated heterocycles. The molecule has 1 aliphatic carbocycles. The average molecular weight is 316 g/mol. The van der Waals surface area contributed by atoms with Gasteiger partial charge in [0.15, 0.2) is 5.82 Å². The summed E-state index contributed by atoms with van der Waals surface area (Å²) in [4.78, 5) is 4.06. The second kappa shape index (κ2) is 7.30. The van der Waals surface area contributed by atoms with E-state index in [1.807, 2.05) is 0 Å². The van der Waals surface area contributed by atoms with Gasteiger partial charge < -0.3 is 5.32 Å². The molecule has 0 aliphatic heterocycles. The third-order valence-corrected chi connectivity index (χ3v) is 4.92. The molecular weight excluding hydrogens is 292 g/mol. The average Bonchev–Trinajstić information content (AvgIpc) is 3.16. The fraction of sp³-hybridized carbons (Fsp3) is 0.833. The Labute approximate surface area is 126 Å². The highest BCUT2D eigenvalue weighted by atomic mass is 32.2. The lowest BCUT2D eigenvalue weighted by atomic mass is 10.4. The van der Waals surface area contributed by atoms with Crippen LogP contribution in [0.2, 0.25) is 0 Å². The normalized spacial score (nSPS) is 15.8. The first kappa shape index (κ1) is 16.3. The SMILES string of the molecule is CN(CCCNC1CC1)S(=O)(=O)NCCc1ncn(C)n1. The predicted octanol–water partition coefficient (Wildman–Crippen LogP) is -0.734. The summed E-state index contributed by atoms with van der Waals surface area (Å²) in [5, 5.41) is 7.48. The first-order valence-corrected chi connectivity index (χ1v) is 8.70. The molecule has 9 heteroatoms. The molecule has 0 spiro atoms. The van der Waals surface area contributed by atoms with Crippen molar-refractivity contribution in [3.8, 4) is 0 Å². The number of nitrogens with one attached hydrogen (secondary N) is 2. The van der Waals surface area contributed by atoms with Crippen molar-refractivity contribution in [2.24, 2.45) is 7.05 Å². The van der Waals surface area contributed by atoms with Gasteiger partial charge in [-0.3, -0.25) is 4.68 Å². The van der Waals surface area contributed by atoms with E-state index in [1.54, 1.807) is 25.1 Å². The van der Waals surface area contributed by atoms with Gasteiger partial charge in [0.05, 0.1) is 0 Å². The van der Waals surface area contributed by atoms with Crippen LogP contribution in [0, 0.1) is 0 Å². The van der Waals surface area contributed by atoms with Gasteiger partial charge in [-0.15, -0.1) is 0 Å². The smallest absolute Gasteiger partial charge is 0.279 e. The Bertz CT molecular complexity index is 540. The molecule has 1 saturated carbocycles. The van der Waals surface area contributed by atoms with Gasteiger partial charge in [-0.25, -0.2) is 9.71 Å². The number of hydrogen-bond donors (Lipinski definition) is 2. The van der Waals surface area contributed by atoms with E-state index >= 15 is 0 Å². The summed E-state index contributed by atoms with van der Waals surface area (Å²) in [6.45, 7) is 1.68. The molecule has 0 amide bonds. The van der Waals surface area contributed by atoms with Crippen molar-refractivity contribution in [2.75, 3.05) is 26.7 Å². The topological polar surface area (TPSA) is 92.2 Å². The molecule has 0 aromatic carbocycles. The number of aromatic nitrogens is 3. The van der Waals surface area contributed by atoms with Gasteiger partial charge in [-0.05, 0) is 25.8 Å². The van der Waals surface area contributed by atoms with Gasteiger partial charge in [0.25, 0.3) is 10.2 Å². The Morgan fingerprint density at radius 1 is 1.43 bits per heavy atom. The van der Waals surface area contributed by atoms with Gasteiger partial charge in [0, 0.05) is 39.6 Å². The quantitative estimate of drug-likeness (QED) is 0.555. The lowest BCUT2D eigenvalue weighted by molar-refractivity contribution is 0.444. The standard InChI is InChI=1S/C12H24N6O2S/c1-17-10-14-12(16-17)6-8-15-21(19,20)18(2)9-3-7-13-11-4-5-11/h10-11,13,15H,3-9H2,1-2H3. The molecule has 0 atom stereocenters. The van der Waals surface area contributed by atoms with E-state index in [-0.39, 0.29) is 0 Å². The Kier molecular flexibility index (Phi) is 5.68. The highest BCUT2D eigenvalue weighted by molar-refractivity contribution is 7.87. The highest BCUT2D eigenvalue weighted by Gasteiger charge is 2.20. The van der Waals surface area contributed by atoms with E-state index in [9.17, 15) is 8.42 Å². The lowest BCUT2D eigenvalue weighted by Crippen LogP contribution is -2.40. The van der Waals surface area contributed by atoms with Gasteiger partial charge in [0.2, 0.25) is 0 Å². The van der Waals surface area contributed by atoms with E-state index in [0.29, 0.717) is 31.4 Å². The van der Waals surface area contributed by atoms with Gasteiger partial charge in [-0.1, -0.05) is 0 Å². The van der Waals surface area contributed by atoms with Crippen LogP contribution >= 0.6 is 0 Å². The Morgan fingerprint density at radius 2 is 2.19 bits per heavy atom. The van der Waals surface area contributed by atoms with Crippen LogP contribution in [0.4, 0.5) is 0 Å². The highest BCUT2D eigenvalue weighted by Crippen LogP contribution is 2.18. The lowest BCUT2D eigenvalue weighted by Gasteiger charge is -2.17. The van der Waals surface area contributed by atoms with Crippen molar-refractivity contribution in [3.05, 3.63) is 12.2 Å². The largest absolute Gasteiger partial charge is 0.314 e. The molecule has 1 fully saturated rings. The van der Waals surface area contributed by atoms with Crippen molar-refractivity contribution in [3.63, 3.8) is 0 Å². The molecule has 1 heterocycles. The van der Waals surface area contributed by atoms with Crippen LogP contribution in [-0.2, 0) is 23.7 Å². The number of aryl methyl sites for hydroxylation is 1. The van der Waals surface area contributed by atoms with Gasteiger partial charge in [-0.2, -0.15) is 17.8 Å². The van der Waals surface area contributed by atoms with Crippen LogP contribution in [0.3, 0.4) is 0 Å². The Morgan fingerprint density at radius 3 is 2.81 bits per heavy atom. The number of rotatable bonds is 10. The first-order chi connectivity index (χ1) is 9.97. The molecule has 1 aromatic rings. The minimum Gasteiger partial charge on any atom is -0.314 e. The summed E-state index contributed by atoms with van der Waals surface area (Å²) in [6.07, 6.45) is 5.39. The fourth-order valence-electron chi connectivity index (χ4n) is 1.92. The van der Waals surface area contributed by atoms with E-state index < -0.39 is 10.2 Å². The summed E-state index contributed by atoms with van der Waals surface area (Å²) in [7, 11) is -0.0379. The molecule has 2 rings (SSSR count). The van der Waals surface area contributed by atoms with Crippen molar-refractivity contribution in [1.82, 2.24) is 29.1 Å². The van der Waals surface area contributed by atoms with Crippen molar-refractivity contribution < 1.29 is 8.42 Å². The van der Waals surface area contributed by atoms with Crippen LogP contribution in [0.5, 0.6) is 0 Å². The van der Waals surface area contributed by atoms with Crippen LogP contribution in [0.1, 0.15) is 25.1 Å². The molecule has 1 aliphatic rings. The molecule has 120 valence electrons. The molecule has 21 heavy (non-hydrogen) atoms. The summed E-state index contributed by atoms with van der Waals surface area (Å²) < 4.78 is 29.6. The maximum atomic E-state index is 12.0. The maximum absolute atomic E-state index is 12.0. The third kappa shape index (κ3) is 5.70. The van der Waals surface area contributed by atoms with Crippen LogP contribution in [-0.4, -0.2) is 60.2 Å². The minimum absolute atomic E-state index is 0.303. The molecular formula is C12H24N6O2S. The van der Waals surface area contributed by atoms with Crippen molar-refractivity contribution in [1.29, 1.82) is 0 Å². The zero-order valence-corrected chi connectivity index (χ0v) is 13.4. The monoisotopic (exact) mass is 316 g/mol. The van der Waals surface area contributed by atoms with Crippen molar-refractivity contribution >= 4 is 10.2 Å². The molecule has 8 nitrogen and oxygen atoms in total. The number of hydrogen-bond acceptors (Lipinski definition) is 5. The number of nitrogens with zero attached hydrogens (tertiary/aromatic N) is 4. The zero-order valence-electron chi connectivity index (χ0n) is 12.6. The minimum atomic E-state index is -3.42. The van der Waals surface area contributed by atoms with E-state index in [2.05, 4.69) is 20.1 Å². The van der Waals surface area contributed by atoms with Crippen LogP contribution in [0.25, 0.3) is 0 Å².